The maximum atomic E-state index is 5.15. The molecule has 1 saturated carbocycles. The van der Waals surface area contributed by atoms with Crippen molar-refractivity contribution in [1.82, 2.24) is 10.6 Å². The van der Waals surface area contributed by atoms with E-state index in [0.29, 0.717) is 12.2 Å². The van der Waals surface area contributed by atoms with E-state index in [1.165, 1.54) is 83.8 Å². The first-order valence-electron chi connectivity index (χ1n) is 14.6. The summed E-state index contributed by atoms with van der Waals surface area (Å²) in [4.78, 5) is 0. The summed E-state index contributed by atoms with van der Waals surface area (Å²) in [7, 11) is 0. The number of rotatable bonds is 0. The highest BCUT2D eigenvalue weighted by Gasteiger charge is 2.10. The van der Waals surface area contributed by atoms with Crippen LogP contribution in [0.5, 0.6) is 0 Å². The number of hydrogen-bond donors (Lipinski definition) is 2. The van der Waals surface area contributed by atoms with Gasteiger partial charge in [-0.3, -0.25) is 0 Å². The van der Waals surface area contributed by atoms with E-state index >= 15 is 0 Å². The van der Waals surface area contributed by atoms with Crippen LogP contribution in [0.15, 0.2) is 0 Å². The molecule has 5 heteroatoms. The first kappa shape index (κ1) is 52.4. The van der Waals surface area contributed by atoms with Gasteiger partial charge >= 0.3 is 0 Å². The van der Waals surface area contributed by atoms with E-state index in [9.17, 15) is 0 Å². The molecule has 0 radical (unpaired) electrons. The highest BCUT2D eigenvalue weighted by molar-refractivity contribution is 4.67. The van der Waals surface area contributed by atoms with Crippen LogP contribution < -0.4 is 10.6 Å². The van der Waals surface area contributed by atoms with Crippen molar-refractivity contribution in [2.24, 2.45) is 17.8 Å². The van der Waals surface area contributed by atoms with Gasteiger partial charge in [-0.15, -0.1) is 0 Å². The molecule has 5 saturated heterocycles. The van der Waals surface area contributed by atoms with Gasteiger partial charge in [-0.05, 0) is 103 Å². The molecule has 0 unspecified atom stereocenters. The van der Waals surface area contributed by atoms with Crippen LogP contribution in [0.3, 0.4) is 0 Å². The van der Waals surface area contributed by atoms with Crippen molar-refractivity contribution in [3.8, 4) is 0 Å². The second-order valence-electron chi connectivity index (χ2n) is 11.4. The van der Waals surface area contributed by atoms with E-state index in [1.54, 1.807) is 0 Å². The lowest BCUT2D eigenvalue weighted by atomic mass is 9.88. The normalized spacial score (nSPS) is 28.5. The molecule has 6 rings (SSSR count). The monoisotopic (exact) mass is 581 g/mol. The van der Waals surface area contributed by atoms with Gasteiger partial charge in [0.25, 0.3) is 0 Å². The van der Waals surface area contributed by atoms with Crippen LogP contribution in [0.25, 0.3) is 0 Å². The van der Waals surface area contributed by atoms with Crippen LogP contribution in [0.2, 0.25) is 0 Å². The summed E-state index contributed by atoms with van der Waals surface area (Å²) in [6.45, 7) is 20.9. The molecule has 5 atom stereocenters. The maximum absolute atomic E-state index is 5.15. The van der Waals surface area contributed by atoms with Crippen molar-refractivity contribution >= 4 is 0 Å². The van der Waals surface area contributed by atoms with Gasteiger partial charge in [0.15, 0.2) is 0 Å². The minimum Gasteiger partial charge on any atom is -0.381 e. The van der Waals surface area contributed by atoms with Gasteiger partial charge in [-0.25, -0.2) is 0 Å². The maximum Gasteiger partial charge on any atom is 0.0568 e. The average Bonchev–Trinajstić information content (AvgIpc) is 3.59. The molecule has 0 aromatic rings. The molecule has 5 nitrogen and oxygen atoms in total. The molecule has 0 aromatic heterocycles. The number of nitrogens with one attached hydrogen (secondary N) is 2. The molecule has 1 aliphatic carbocycles. The predicted molar refractivity (Wildman–Crippen MR) is 186 cm³/mol. The number of hydrogen-bond acceptors (Lipinski definition) is 5. The van der Waals surface area contributed by atoms with Gasteiger partial charge in [0.1, 0.15) is 0 Å². The minimum atomic E-state index is 0. The topological polar surface area (TPSA) is 51.8 Å². The third-order valence-corrected chi connectivity index (χ3v) is 7.25. The summed E-state index contributed by atoms with van der Waals surface area (Å²) in [5, 5.41) is 6.59. The molecular formula is C35H84N2O3. The highest BCUT2D eigenvalue weighted by Crippen LogP contribution is 2.24. The van der Waals surface area contributed by atoms with Crippen LogP contribution in [-0.4, -0.2) is 64.3 Å². The molecule has 5 heterocycles. The van der Waals surface area contributed by atoms with Crippen LogP contribution in [0.1, 0.15) is 150 Å². The van der Waals surface area contributed by atoms with Gasteiger partial charge in [-0.2, -0.15) is 0 Å². The molecule has 2 N–H and O–H groups in total. The highest BCUT2D eigenvalue weighted by atomic mass is 16.5. The van der Waals surface area contributed by atoms with Crippen LogP contribution in [0.4, 0.5) is 0 Å². The summed E-state index contributed by atoms with van der Waals surface area (Å²) in [5.74, 6) is 2.82. The first-order chi connectivity index (χ1) is 16.4. The fourth-order valence-electron chi connectivity index (χ4n) is 4.01. The number of ether oxygens (including phenoxy) is 3. The Bertz CT molecular complexity index is 352. The molecule has 40 heavy (non-hydrogen) atoms. The molecule has 5 aliphatic heterocycles. The van der Waals surface area contributed by atoms with Gasteiger partial charge in [0.2, 0.25) is 0 Å². The predicted octanol–water partition coefficient (Wildman–Crippen LogP) is 10.0. The summed E-state index contributed by atoms with van der Waals surface area (Å²) < 4.78 is 15.1. The Morgan fingerprint density at radius 3 is 1.18 bits per heavy atom. The van der Waals surface area contributed by atoms with Crippen molar-refractivity contribution in [3.05, 3.63) is 0 Å². The third-order valence-electron chi connectivity index (χ3n) is 7.25. The van der Waals surface area contributed by atoms with Crippen LogP contribution >= 0.6 is 0 Å². The van der Waals surface area contributed by atoms with E-state index < -0.39 is 0 Å². The van der Waals surface area contributed by atoms with E-state index in [0.717, 1.165) is 50.2 Å². The molecule has 0 aromatic carbocycles. The SMILES string of the molecule is C.C.C.C.C.C.CC1CCC1.C[C@H]1CCCN1.C[C@H]1CCCO1.C[C@H]1CCNC1.C[C@H]1CCO1.C[C@H]1CCOC1. The fraction of sp³-hybridized carbons (Fsp3) is 1.00. The largest absolute Gasteiger partial charge is 0.381 e. The Morgan fingerprint density at radius 1 is 0.500 bits per heavy atom. The first-order valence-corrected chi connectivity index (χ1v) is 14.6. The quantitative estimate of drug-likeness (QED) is 0.298. The van der Waals surface area contributed by atoms with Crippen molar-refractivity contribution < 1.29 is 14.2 Å². The van der Waals surface area contributed by atoms with Crippen LogP contribution in [0, 0.1) is 17.8 Å². The second kappa shape index (κ2) is 35.0. The van der Waals surface area contributed by atoms with Gasteiger partial charge in [-0.1, -0.05) is 84.6 Å². The summed E-state index contributed by atoms with van der Waals surface area (Å²) in [5.41, 5.74) is 0. The Balaban J connectivity index is -0.0000000843. The average molecular weight is 581 g/mol. The Hall–Kier alpha value is -0.200. The van der Waals surface area contributed by atoms with Gasteiger partial charge < -0.3 is 24.8 Å². The summed E-state index contributed by atoms with van der Waals surface area (Å²) in [6, 6.07) is 0.796. The lowest BCUT2D eigenvalue weighted by Crippen LogP contribution is -2.22. The van der Waals surface area contributed by atoms with Crippen LogP contribution in [-0.2, 0) is 14.2 Å². The summed E-state index contributed by atoms with van der Waals surface area (Å²) >= 11 is 0. The third kappa shape index (κ3) is 32.3. The molecule has 252 valence electrons. The van der Waals surface area contributed by atoms with Crippen molar-refractivity contribution in [2.45, 2.75) is 169 Å². The van der Waals surface area contributed by atoms with E-state index in [-0.39, 0.29) is 44.6 Å². The Labute approximate surface area is 257 Å². The zero-order valence-corrected chi connectivity index (χ0v) is 23.7. The van der Waals surface area contributed by atoms with Gasteiger partial charge in [0.05, 0.1) is 12.2 Å². The molecule has 0 bridgehead atoms. The fourth-order valence-corrected chi connectivity index (χ4v) is 4.01. The second-order valence-corrected chi connectivity index (χ2v) is 11.4. The standard InChI is InChI=1S/2C5H11N.2C5H10O.C5H10.C4H8O.6CH4/c1-5-2-3-6-4-5;1-5-3-2-4-6-5;1-5-2-3-6-4-5;1-5-3-2-4-6-5;1-5-3-2-4-5;1-4-2-3-5-4;;;;;;/h2*5-6H,2-4H2,1H3;2*5H,2-4H2,1H3;5H,2-4H2,1H3;4H,2-3H2,1H3;6*1H4/t4*5-;;4-;;;;;;/m0000.0....../s1. The molecule has 6 aliphatic rings. The zero-order valence-electron chi connectivity index (χ0n) is 23.7. The lowest BCUT2D eigenvalue weighted by molar-refractivity contribution is -0.0375. The van der Waals surface area contributed by atoms with Crippen molar-refractivity contribution in [1.29, 1.82) is 0 Å². The van der Waals surface area contributed by atoms with E-state index in [2.05, 4.69) is 52.2 Å². The Morgan fingerprint density at radius 2 is 1.07 bits per heavy atom. The van der Waals surface area contributed by atoms with E-state index in [1.807, 2.05) is 0 Å². The Kier molecular flexibility index (Phi) is 45.9. The molecule has 6 fully saturated rings. The smallest absolute Gasteiger partial charge is 0.0568 e. The molecule has 0 spiro atoms. The van der Waals surface area contributed by atoms with Crippen molar-refractivity contribution in [2.75, 3.05) is 46.1 Å². The van der Waals surface area contributed by atoms with E-state index in [4.69, 9.17) is 14.2 Å². The van der Waals surface area contributed by atoms with Crippen molar-refractivity contribution in [3.63, 3.8) is 0 Å². The molecular weight excluding hydrogens is 496 g/mol. The minimum absolute atomic E-state index is 0. The summed E-state index contributed by atoms with van der Waals surface area (Å²) in [6.07, 6.45) is 14.8. The van der Waals surface area contributed by atoms with Gasteiger partial charge in [0, 0.05) is 32.5 Å². The lowest BCUT2D eigenvalue weighted by Gasteiger charge is -2.20. The zero-order chi connectivity index (χ0) is 25.0. The molecule has 0 amide bonds.